The molecule has 0 aromatic rings. The number of nitrogens with zero attached hydrogens (tertiary/aromatic N) is 1. The predicted molar refractivity (Wildman–Crippen MR) is 62.9 cm³/mol. The van der Waals surface area contributed by atoms with Gasteiger partial charge in [0.1, 0.15) is 0 Å². The highest BCUT2D eigenvalue weighted by atomic mass is 19.3. The molecule has 0 spiro atoms. The number of alkyl halides is 2. The fourth-order valence-electron chi connectivity index (χ4n) is 1.99. The smallest absolute Gasteiger partial charge is 0.264 e. The van der Waals surface area contributed by atoms with Crippen molar-refractivity contribution in [3.05, 3.63) is 0 Å². The summed E-state index contributed by atoms with van der Waals surface area (Å²) < 4.78 is 26.6. The Hall–Kier alpha value is -0.220. The summed E-state index contributed by atoms with van der Waals surface area (Å²) >= 11 is 0. The molecule has 16 heavy (non-hydrogen) atoms. The molecule has 1 heterocycles. The van der Waals surface area contributed by atoms with Crippen molar-refractivity contribution < 1.29 is 8.78 Å². The van der Waals surface area contributed by atoms with Crippen molar-refractivity contribution in [3.63, 3.8) is 0 Å². The standard InChI is InChI=1S/C12H24F2N2/c1-10(2)4-8-16(3)9-5-11-12(13,14)6-7-15-11/h10-11,15H,4-9H2,1-3H3. The van der Waals surface area contributed by atoms with Crippen LogP contribution in [-0.2, 0) is 0 Å². The molecule has 4 heteroatoms. The van der Waals surface area contributed by atoms with E-state index in [2.05, 4.69) is 24.1 Å². The van der Waals surface area contributed by atoms with Crippen molar-refractivity contribution in [1.29, 1.82) is 0 Å². The summed E-state index contributed by atoms with van der Waals surface area (Å²) in [6, 6.07) is -0.617. The summed E-state index contributed by atoms with van der Waals surface area (Å²) in [7, 11) is 2.01. The maximum Gasteiger partial charge on any atom is 0.264 e. The molecule has 0 radical (unpaired) electrons. The normalized spacial score (nSPS) is 24.6. The van der Waals surface area contributed by atoms with Gasteiger partial charge in [0.15, 0.2) is 0 Å². The molecule has 96 valence electrons. The maximum absolute atomic E-state index is 13.3. The third-order valence-electron chi connectivity index (χ3n) is 3.25. The summed E-state index contributed by atoms with van der Waals surface area (Å²) in [6.07, 6.45) is 1.67. The molecule has 0 bridgehead atoms. The van der Waals surface area contributed by atoms with E-state index in [9.17, 15) is 8.78 Å². The Kier molecular flexibility index (Phi) is 5.12. The van der Waals surface area contributed by atoms with Gasteiger partial charge in [-0.1, -0.05) is 13.8 Å². The molecule has 1 aliphatic heterocycles. The van der Waals surface area contributed by atoms with Crippen LogP contribution in [0.5, 0.6) is 0 Å². The monoisotopic (exact) mass is 234 g/mol. The minimum Gasteiger partial charge on any atom is -0.308 e. The summed E-state index contributed by atoms with van der Waals surface area (Å²) in [6.45, 7) is 6.56. The Labute approximate surface area is 97.4 Å². The first-order chi connectivity index (χ1) is 7.42. The molecule has 1 rings (SSSR count). The van der Waals surface area contributed by atoms with Crippen molar-refractivity contribution in [3.8, 4) is 0 Å². The van der Waals surface area contributed by atoms with Crippen LogP contribution in [0.25, 0.3) is 0 Å². The number of hydrogen-bond acceptors (Lipinski definition) is 2. The molecule has 1 atom stereocenters. The van der Waals surface area contributed by atoms with E-state index < -0.39 is 12.0 Å². The molecule has 0 saturated carbocycles. The SMILES string of the molecule is CC(C)CCN(C)CCC1NCCC1(F)F. The Morgan fingerprint density at radius 2 is 2.06 bits per heavy atom. The van der Waals surface area contributed by atoms with E-state index in [-0.39, 0.29) is 6.42 Å². The van der Waals surface area contributed by atoms with Crippen LogP contribution in [0.15, 0.2) is 0 Å². The second kappa shape index (κ2) is 5.92. The number of rotatable bonds is 6. The van der Waals surface area contributed by atoms with E-state index in [1.807, 2.05) is 7.05 Å². The molecule has 0 aliphatic carbocycles. The van der Waals surface area contributed by atoms with E-state index >= 15 is 0 Å². The number of nitrogens with one attached hydrogen (secondary N) is 1. The first-order valence-corrected chi connectivity index (χ1v) is 6.21. The second-order valence-electron chi connectivity index (χ2n) is 5.29. The number of hydrogen-bond donors (Lipinski definition) is 1. The van der Waals surface area contributed by atoms with Gasteiger partial charge >= 0.3 is 0 Å². The molecule has 1 unspecified atom stereocenters. The predicted octanol–water partition coefficient (Wildman–Crippen LogP) is 2.35. The van der Waals surface area contributed by atoms with Crippen molar-refractivity contribution in [2.24, 2.45) is 5.92 Å². The highest BCUT2D eigenvalue weighted by Crippen LogP contribution is 2.29. The zero-order valence-electron chi connectivity index (χ0n) is 10.6. The summed E-state index contributed by atoms with van der Waals surface area (Å²) in [5.41, 5.74) is 0. The van der Waals surface area contributed by atoms with Crippen LogP contribution in [0.4, 0.5) is 8.78 Å². The van der Waals surface area contributed by atoms with E-state index in [0.29, 0.717) is 18.9 Å². The van der Waals surface area contributed by atoms with Gasteiger partial charge in [0.05, 0.1) is 6.04 Å². The third kappa shape index (κ3) is 4.34. The van der Waals surface area contributed by atoms with E-state index in [1.165, 1.54) is 0 Å². The molecule has 1 fully saturated rings. The van der Waals surface area contributed by atoms with Gasteiger partial charge in [-0.25, -0.2) is 8.78 Å². The largest absolute Gasteiger partial charge is 0.308 e. The van der Waals surface area contributed by atoms with E-state index in [1.54, 1.807) is 0 Å². The van der Waals surface area contributed by atoms with E-state index in [0.717, 1.165) is 19.5 Å². The molecular formula is C12H24F2N2. The average Bonchev–Trinajstić information content (AvgIpc) is 2.51. The van der Waals surface area contributed by atoms with Crippen LogP contribution in [0, 0.1) is 5.92 Å². The fourth-order valence-corrected chi connectivity index (χ4v) is 1.99. The molecule has 0 aromatic carbocycles. The van der Waals surface area contributed by atoms with Gasteiger partial charge in [-0.2, -0.15) is 0 Å². The average molecular weight is 234 g/mol. The van der Waals surface area contributed by atoms with Crippen molar-refractivity contribution in [2.45, 2.75) is 45.1 Å². The van der Waals surface area contributed by atoms with Gasteiger partial charge < -0.3 is 10.2 Å². The molecular weight excluding hydrogens is 210 g/mol. The van der Waals surface area contributed by atoms with Gasteiger partial charge in [-0.05, 0) is 38.9 Å². The Balaban J connectivity index is 2.18. The lowest BCUT2D eigenvalue weighted by atomic mass is 10.1. The number of halogens is 2. The highest BCUT2D eigenvalue weighted by molar-refractivity contribution is 4.90. The van der Waals surface area contributed by atoms with Gasteiger partial charge in [-0.15, -0.1) is 0 Å². The van der Waals surface area contributed by atoms with Gasteiger partial charge in [0.25, 0.3) is 5.92 Å². The topological polar surface area (TPSA) is 15.3 Å². The molecule has 1 aliphatic rings. The van der Waals surface area contributed by atoms with Crippen LogP contribution in [-0.4, -0.2) is 43.5 Å². The minimum atomic E-state index is -2.50. The zero-order chi connectivity index (χ0) is 12.2. The summed E-state index contributed by atoms with van der Waals surface area (Å²) in [5.74, 6) is -1.83. The highest BCUT2D eigenvalue weighted by Gasteiger charge is 2.43. The van der Waals surface area contributed by atoms with Crippen LogP contribution < -0.4 is 5.32 Å². The Morgan fingerprint density at radius 3 is 2.56 bits per heavy atom. The van der Waals surface area contributed by atoms with Gasteiger partial charge in [-0.3, -0.25) is 0 Å². The van der Waals surface area contributed by atoms with Crippen molar-refractivity contribution in [2.75, 3.05) is 26.7 Å². The van der Waals surface area contributed by atoms with Crippen molar-refractivity contribution >= 4 is 0 Å². The molecule has 0 amide bonds. The van der Waals surface area contributed by atoms with Crippen LogP contribution in [0.3, 0.4) is 0 Å². The molecule has 2 nitrogen and oxygen atoms in total. The lowest BCUT2D eigenvalue weighted by molar-refractivity contribution is -0.0150. The first-order valence-electron chi connectivity index (χ1n) is 6.21. The maximum atomic E-state index is 13.3. The third-order valence-corrected chi connectivity index (χ3v) is 3.25. The second-order valence-corrected chi connectivity index (χ2v) is 5.29. The van der Waals surface area contributed by atoms with Gasteiger partial charge in [0.2, 0.25) is 0 Å². The van der Waals surface area contributed by atoms with Crippen LogP contribution in [0.2, 0.25) is 0 Å². The molecule has 0 aromatic heterocycles. The summed E-state index contributed by atoms with van der Waals surface area (Å²) in [5, 5.41) is 2.89. The lowest BCUT2D eigenvalue weighted by Crippen LogP contribution is -2.38. The first kappa shape index (κ1) is 13.8. The molecule has 1 N–H and O–H groups in total. The van der Waals surface area contributed by atoms with Crippen LogP contribution >= 0.6 is 0 Å². The minimum absolute atomic E-state index is 0.00657. The van der Waals surface area contributed by atoms with Crippen molar-refractivity contribution in [1.82, 2.24) is 10.2 Å². The quantitative estimate of drug-likeness (QED) is 0.759. The zero-order valence-corrected chi connectivity index (χ0v) is 10.6. The Morgan fingerprint density at radius 1 is 1.38 bits per heavy atom. The molecule has 1 saturated heterocycles. The Bertz CT molecular complexity index is 207. The van der Waals surface area contributed by atoms with Gasteiger partial charge in [0, 0.05) is 13.0 Å². The fraction of sp³-hybridized carbons (Fsp3) is 1.00. The van der Waals surface area contributed by atoms with Crippen LogP contribution in [0.1, 0.15) is 33.1 Å². The summed E-state index contributed by atoms with van der Waals surface area (Å²) in [4.78, 5) is 2.15. The van der Waals surface area contributed by atoms with E-state index in [4.69, 9.17) is 0 Å². The lowest BCUT2D eigenvalue weighted by Gasteiger charge is -2.23.